The van der Waals surface area contributed by atoms with E-state index in [-0.39, 0.29) is 6.10 Å². The van der Waals surface area contributed by atoms with Gasteiger partial charge in [0, 0.05) is 18.7 Å². The minimum atomic E-state index is 0.215. The van der Waals surface area contributed by atoms with Gasteiger partial charge in [-0.05, 0) is 26.0 Å². The monoisotopic (exact) mass is 221 g/mol. The molecule has 0 bridgehead atoms. The van der Waals surface area contributed by atoms with Crippen molar-refractivity contribution in [3.8, 4) is 5.75 Å². The van der Waals surface area contributed by atoms with Gasteiger partial charge in [0.05, 0.1) is 6.61 Å². The number of benzene rings is 1. The SMILES string of the molecule is CNCc1ccccc1OC1CCCOC1. The Morgan fingerprint density at radius 3 is 3.06 bits per heavy atom. The van der Waals surface area contributed by atoms with Gasteiger partial charge in [0.1, 0.15) is 11.9 Å². The van der Waals surface area contributed by atoms with Crippen LogP contribution in [0.5, 0.6) is 5.75 Å². The summed E-state index contributed by atoms with van der Waals surface area (Å²) >= 11 is 0. The van der Waals surface area contributed by atoms with Crippen molar-refractivity contribution in [3.05, 3.63) is 29.8 Å². The summed E-state index contributed by atoms with van der Waals surface area (Å²) in [6.45, 7) is 2.43. The van der Waals surface area contributed by atoms with E-state index in [2.05, 4.69) is 11.4 Å². The van der Waals surface area contributed by atoms with Gasteiger partial charge in [0.15, 0.2) is 0 Å². The molecule has 0 saturated carbocycles. The van der Waals surface area contributed by atoms with Crippen LogP contribution in [0.4, 0.5) is 0 Å². The Morgan fingerprint density at radius 1 is 1.44 bits per heavy atom. The highest BCUT2D eigenvalue weighted by Crippen LogP contribution is 2.21. The number of hydrogen-bond donors (Lipinski definition) is 1. The van der Waals surface area contributed by atoms with Gasteiger partial charge in [-0.3, -0.25) is 0 Å². The molecule has 1 aliphatic rings. The van der Waals surface area contributed by atoms with Crippen molar-refractivity contribution < 1.29 is 9.47 Å². The van der Waals surface area contributed by atoms with Crippen molar-refractivity contribution in [1.29, 1.82) is 0 Å². The van der Waals surface area contributed by atoms with E-state index in [1.54, 1.807) is 0 Å². The van der Waals surface area contributed by atoms with Crippen LogP contribution >= 0.6 is 0 Å². The van der Waals surface area contributed by atoms with E-state index in [0.717, 1.165) is 31.7 Å². The zero-order chi connectivity index (χ0) is 11.2. The Kier molecular flexibility index (Phi) is 4.19. The van der Waals surface area contributed by atoms with Gasteiger partial charge in [0.25, 0.3) is 0 Å². The molecule has 1 unspecified atom stereocenters. The fourth-order valence-corrected chi connectivity index (χ4v) is 1.94. The fraction of sp³-hybridized carbons (Fsp3) is 0.538. The molecule has 3 nitrogen and oxygen atoms in total. The Balaban J connectivity index is 2.01. The summed E-state index contributed by atoms with van der Waals surface area (Å²) < 4.78 is 11.4. The first kappa shape index (κ1) is 11.4. The molecule has 1 atom stereocenters. The van der Waals surface area contributed by atoms with Crippen LogP contribution in [0.3, 0.4) is 0 Å². The van der Waals surface area contributed by atoms with Crippen molar-refractivity contribution in [2.24, 2.45) is 0 Å². The molecular weight excluding hydrogens is 202 g/mol. The summed E-state index contributed by atoms with van der Waals surface area (Å²) in [5.41, 5.74) is 1.20. The van der Waals surface area contributed by atoms with E-state index in [1.165, 1.54) is 5.56 Å². The van der Waals surface area contributed by atoms with Crippen LogP contribution in [-0.2, 0) is 11.3 Å². The van der Waals surface area contributed by atoms with Crippen LogP contribution in [0.15, 0.2) is 24.3 Å². The molecule has 1 aromatic carbocycles. The van der Waals surface area contributed by atoms with Crippen molar-refractivity contribution >= 4 is 0 Å². The largest absolute Gasteiger partial charge is 0.488 e. The molecule has 3 heteroatoms. The molecule has 16 heavy (non-hydrogen) atoms. The van der Waals surface area contributed by atoms with Crippen LogP contribution in [0.25, 0.3) is 0 Å². The molecule has 0 amide bonds. The zero-order valence-electron chi connectivity index (χ0n) is 9.74. The zero-order valence-corrected chi connectivity index (χ0v) is 9.74. The van der Waals surface area contributed by atoms with Crippen molar-refractivity contribution in [2.75, 3.05) is 20.3 Å². The minimum Gasteiger partial charge on any atom is -0.488 e. The summed E-state index contributed by atoms with van der Waals surface area (Å²) in [6.07, 6.45) is 2.40. The normalized spacial score (nSPS) is 20.7. The summed E-state index contributed by atoms with van der Waals surface area (Å²) in [5, 5.41) is 3.15. The van der Waals surface area contributed by atoms with Crippen LogP contribution in [0.1, 0.15) is 18.4 Å². The standard InChI is InChI=1S/C13H19NO2/c1-14-9-11-5-2-3-7-13(11)16-12-6-4-8-15-10-12/h2-3,5,7,12,14H,4,6,8-10H2,1H3. The van der Waals surface area contributed by atoms with Crippen molar-refractivity contribution in [1.82, 2.24) is 5.32 Å². The molecule has 1 N–H and O–H groups in total. The number of para-hydroxylation sites is 1. The van der Waals surface area contributed by atoms with Crippen LogP contribution < -0.4 is 10.1 Å². The van der Waals surface area contributed by atoms with E-state index < -0.39 is 0 Å². The predicted octanol–water partition coefficient (Wildman–Crippen LogP) is 1.96. The highest BCUT2D eigenvalue weighted by Gasteiger charge is 2.16. The average molecular weight is 221 g/mol. The average Bonchev–Trinajstić information content (AvgIpc) is 2.33. The van der Waals surface area contributed by atoms with E-state index in [4.69, 9.17) is 9.47 Å². The molecule has 1 aliphatic heterocycles. The second kappa shape index (κ2) is 5.87. The Labute approximate surface area is 96.8 Å². The van der Waals surface area contributed by atoms with Gasteiger partial charge < -0.3 is 14.8 Å². The lowest BCUT2D eigenvalue weighted by Gasteiger charge is -2.24. The third-order valence-electron chi connectivity index (χ3n) is 2.75. The summed E-state index contributed by atoms with van der Waals surface area (Å²) in [5.74, 6) is 0.979. The van der Waals surface area contributed by atoms with E-state index >= 15 is 0 Å². The summed E-state index contributed by atoms with van der Waals surface area (Å²) in [7, 11) is 1.94. The number of rotatable bonds is 4. The molecule has 0 radical (unpaired) electrons. The lowest BCUT2D eigenvalue weighted by Crippen LogP contribution is -2.28. The summed E-state index contributed by atoms with van der Waals surface area (Å²) in [4.78, 5) is 0. The van der Waals surface area contributed by atoms with Gasteiger partial charge in [-0.2, -0.15) is 0 Å². The third kappa shape index (κ3) is 2.97. The highest BCUT2D eigenvalue weighted by molar-refractivity contribution is 5.33. The number of ether oxygens (including phenoxy) is 2. The number of nitrogens with one attached hydrogen (secondary N) is 1. The smallest absolute Gasteiger partial charge is 0.124 e. The van der Waals surface area contributed by atoms with Crippen molar-refractivity contribution in [2.45, 2.75) is 25.5 Å². The van der Waals surface area contributed by atoms with Gasteiger partial charge >= 0.3 is 0 Å². The van der Waals surface area contributed by atoms with Gasteiger partial charge in [-0.15, -0.1) is 0 Å². The molecule has 2 rings (SSSR count). The molecule has 0 spiro atoms. The second-order valence-electron chi connectivity index (χ2n) is 4.10. The molecule has 1 aromatic rings. The predicted molar refractivity (Wildman–Crippen MR) is 63.7 cm³/mol. The quantitative estimate of drug-likeness (QED) is 0.843. The molecule has 1 saturated heterocycles. The summed E-state index contributed by atoms with van der Waals surface area (Å²) in [6, 6.07) is 8.17. The Morgan fingerprint density at radius 2 is 2.31 bits per heavy atom. The lowest BCUT2D eigenvalue weighted by atomic mass is 10.1. The highest BCUT2D eigenvalue weighted by atomic mass is 16.5. The molecule has 0 aromatic heterocycles. The Hall–Kier alpha value is -1.06. The van der Waals surface area contributed by atoms with Gasteiger partial charge in [0.2, 0.25) is 0 Å². The topological polar surface area (TPSA) is 30.5 Å². The number of hydrogen-bond acceptors (Lipinski definition) is 3. The van der Waals surface area contributed by atoms with E-state index in [0.29, 0.717) is 6.61 Å². The molecule has 88 valence electrons. The lowest BCUT2D eigenvalue weighted by molar-refractivity contribution is 0.00701. The first-order valence-electron chi connectivity index (χ1n) is 5.87. The second-order valence-corrected chi connectivity index (χ2v) is 4.10. The van der Waals surface area contributed by atoms with Crippen molar-refractivity contribution in [3.63, 3.8) is 0 Å². The maximum Gasteiger partial charge on any atom is 0.124 e. The fourth-order valence-electron chi connectivity index (χ4n) is 1.94. The molecule has 1 heterocycles. The van der Waals surface area contributed by atoms with Gasteiger partial charge in [-0.25, -0.2) is 0 Å². The molecule has 1 fully saturated rings. The maximum atomic E-state index is 5.97. The maximum absolute atomic E-state index is 5.97. The minimum absolute atomic E-state index is 0.215. The Bertz CT molecular complexity index is 321. The first-order chi connectivity index (χ1) is 7.90. The van der Waals surface area contributed by atoms with E-state index in [1.807, 2.05) is 25.2 Å². The van der Waals surface area contributed by atoms with Crippen LogP contribution in [0, 0.1) is 0 Å². The van der Waals surface area contributed by atoms with E-state index in [9.17, 15) is 0 Å². The van der Waals surface area contributed by atoms with Crippen LogP contribution in [0.2, 0.25) is 0 Å². The first-order valence-corrected chi connectivity index (χ1v) is 5.87. The van der Waals surface area contributed by atoms with Gasteiger partial charge in [-0.1, -0.05) is 18.2 Å². The molecule has 0 aliphatic carbocycles. The van der Waals surface area contributed by atoms with Crippen LogP contribution in [-0.4, -0.2) is 26.4 Å². The molecular formula is C13H19NO2. The third-order valence-corrected chi connectivity index (χ3v) is 2.75.